The molecule has 0 bridgehead atoms. The van der Waals surface area contributed by atoms with Crippen molar-refractivity contribution in [3.8, 4) is 0 Å². The van der Waals surface area contributed by atoms with Gasteiger partial charge in [-0.1, -0.05) is 71.6 Å². The Bertz CT molecular complexity index is 178. The van der Waals surface area contributed by atoms with E-state index in [1.54, 1.807) is 0 Å². The summed E-state index contributed by atoms with van der Waals surface area (Å²) in [7, 11) is 0. The fourth-order valence-electron chi connectivity index (χ4n) is 3.39. The second-order valence-corrected chi connectivity index (χ2v) is 6.03. The zero-order valence-corrected chi connectivity index (χ0v) is 12.1. The molecule has 17 heavy (non-hydrogen) atoms. The Morgan fingerprint density at radius 2 is 1.41 bits per heavy atom. The lowest BCUT2D eigenvalue weighted by Crippen LogP contribution is -2.27. The molecular weight excluding hydrogens is 206 g/mol. The first-order valence-electron chi connectivity index (χ1n) is 8.03. The molecule has 1 rings (SSSR count). The normalized spacial score (nSPS) is 29.8. The van der Waals surface area contributed by atoms with Crippen LogP contribution in [0, 0.1) is 11.8 Å². The largest absolute Gasteiger partial charge is 0.328 e. The quantitative estimate of drug-likeness (QED) is 0.742. The van der Waals surface area contributed by atoms with Gasteiger partial charge in [-0.3, -0.25) is 0 Å². The first-order valence-corrected chi connectivity index (χ1v) is 8.03. The van der Waals surface area contributed by atoms with Crippen LogP contribution in [0.4, 0.5) is 0 Å². The van der Waals surface area contributed by atoms with Crippen molar-refractivity contribution in [2.24, 2.45) is 17.6 Å². The lowest BCUT2D eigenvalue weighted by Gasteiger charge is -2.29. The van der Waals surface area contributed by atoms with Gasteiger partial charge in [-0.15, -0.1) is 0 Å². The SMILES string of the molecule is CCC(N)CC1CCCCCCCCC1CC. The van der Waals surface area contributed by atoms with Crippen LogP contribution >= 0.6 is 0 Å². The van der Waals surface area contributed by atoms with Gasteiger partial charge in [-0.2, -0.15) is 0 Å². The summed E-state index contributed by atoms with van der Waals surface area (Å²) in [5.74, 6) is 1.86. The third kappa shape index (κ3) is 5.90. The van der Waals surface area contributed by atoms with Crippen LogP contribution in [-0.2, 0) is 0 Å². The highest BCUT2D eigenvalue weighted by atomic mass is 14.6. The van der Waals surface area contributed by atoms with E-state index < -0.39 is 0 Å². The minimum absolute atomic E-state index is 0.442. The summed E-state index contributed by atoms with van der Waals surface area (Å²) in [6.45, 7) is 4.60. The molecule has 0 amide bonds. The average molecular weight is 239 g/mol. The topological polar surface area (TPSA) is 26.0 Å². The molecule has 0 radical (unpaired) electrons. The zero-order chi connectivity index (χ0) is 12.5. The van der Waals surface area contributed by atoms with E-state index in [0.29, 0.717) is 6.04 Å². The summed E-state index contributed by atoms with van der Waals surface area (Å²) >= 11 is 0. The van der Waals surface area contributed by atoms with Crippen LogP contribution in [0.2, 0.25) is 0 Å². The predicted octanol–water partition coefficient (Wildman–Crippen LogP) is 4.89. The van der Waals surface area contributed by atoms with E-state index in [4.69, 9.17) is 5.73 Å². The van der Waals surface area contributed by atoms with Gasteiger partial charge < -0.3 is 5.73 Å². The van der Waals surface area contributed by atoms with Crippen LogP contribution in [0.3, 0.4) is 0 Å². The van der Waals surface area contributed by atoms with E-state index in [0.717, 1.165) is 18.3 Å². The van der Waals surface area contributed by atoms with Crippen molar-refractivity contribution < 1.29 is 0 Å². The lowest BCUT2D eigenvalue weighted by molar-refractivity contribution is 0.235. The maximum atomic E-state index is 6.18. The van der Waals surface area contributed by atoms with Crippen molar-refractivity contribution >= 4 is 0 Å². The Morgan fingerprint density at radius 3 is 1.94 bits per heavy atom. The molecule has 3 atom stereocenters. The van der Waals surface area contributed by atoms with Crippen molar-refractivity contribution in [1.29, 1.82) is 0 Å². The standard InChI is InChI=1S/C16H33N/c1-3-14-11-9-7-5-6-8-10-12-15(14)13-16(17)4-2/h14-16H,3-13,17H2,1-2H3. The monoisotopic (exact) mass is 239 g/mol. The third-order valence-corrected chi connectivity index (χ3v) is 4.72. The number of rotatable bonds is 4. The average Bonchev–Trinajstić information content (AvgIpc) is 2.36. The van der Waals surface area contributed by atoms with Crippen molar-refractivity contribution in [1.82, 2.24) is 0 Å². The summed E-state index contributed by atoms with van der Waals surface area (Å²) in [6.07, 6.45) is 15.4. The van der Waals surface area contributed by atoms with Crippen LogP contribution in [-0.4, -0.2) is 6.04 Å². The van der Waals surface area contributed by atoms with Crippen LogP contribution in [0.1, 0.15) is 84.5 Å². The van der Waals surface area contributed by atoms with Crippen LogP contribution in [0.5, 0.6) is 0 Å². The molecule has 1 aliphatic carbocycles. The molecule has 1 saturated carbocycles. The molecule has 1 heteroatoms. The summed E-state index contributed by atoms with van der Waals surface area (Å²) < 4.78 is 0. The molecule has 2 N–H and O–H groups in total. The fourth-order valence-corrected chi connectivity index (χ4v) is 3.39. The van der Waals surface area contributed by atoms with Crippen molar-refractivity contribution in [2.75, 3.05) is 0 Å². The Hall–Kier alpha value is -0.0400. The maximum Gasteiger partial charge on any atom is 0.00389 e. The van der Waals surface area contributed by atoms with E-state index in [-0.39, 0.29) is 0 Å². The highest BCUT2D eigenvalue weighted by molar-refractivity contribution is 4.75. The molecule has 102 valence electrons. The number of nitrogens with two attached hydrogens (primary N) is 1. The van der Waals surface area contributed by atoms with Gasteiger partial charge in [0.1, 0.15) is 0 Å². The molecule has 1 aliphatic rings. The van der Waals surface area contributed by atoms with E-state index in [1.165, 1.54) is 64.2 Å². The predicted molar refractivity (Wildman–Crippen MR) is 77.1 cm³/mol. The van der Waals surface area contributed by atoms with Gasteiger partial charge in [0.15, 0.2) is 0 Å². The first kappa shape index (κ1) is 15.0. The third-order valence-electron chi connectivity index (χ3n) is 4.72. The smallest absolute Gasteiger partial charge is 0.00389 e. The molecule has 1 fully saturated rings. The summed E-state index contributed by atoms with van der Waals surface area (Å²) in [6, 6.07) is 0.442. The van der Waals surface area contributed by atoms with Gasteiger partial charge >= 0.3 is 0 Å². The molecule has 0 aromatic heterocycles. The summed E-state index contributed by atoms with van der Waals surface area (Å²) in [5, 5.41) is 0. The van der Waals surface area contributed by atoms with E-state index in [9.17, 15) is 0 Å². The highest BCUT2D eigenvalue weighted by Gasteiger charge is 2.21. The molecule has 0 aromatic carbocycles. The lowest BCUT2D eigenvalue weighted by atomic mass is 9.78. The molecule has 0 spiro atoms. The Morgan fingerprint density at radius 1 is 0.882 bits per heavy atom. The minimum atomic E-state index is 0.442. The second kappa shape index (κ2) is 8.97. The van der Waals surface area contributed by atoms with E-state index >= 15 is 0 Å². The Balaban J connectivity index is 2.49. The number of hydrogen-bond acceptors (Lipinski definition) is 1. The maximum absolute atomic E-state index is 6.18. The van der Waals surface area contributed by atoms with Crippen LogP contribution in [0.15, 0.2) is 0 Å². The molecule has 3 unspecified atom stereocenters. The molecular formula is C16H33N. The van der Waals surface area contributed by atoms with Crippen molar-refractivity contribution in [3.05, 3.63) is 0 Å². The molecule has 0 heterocycles. The molecule has 1 nitrogen and oxygen atoms in total. The molecule has 0 aromatic rings. The minimum Gasteiger partial charge on any atom is -0.328 e. The van der Waals surface area contributed by atoms with Crippen molar-refractivity contribution in [2.45, 2.75) is 90.5 Å². The zero-order valence-electron chi connectivity index (χ0n) is 12.1. The van der Waals surface area contributed by atoms with Gasteiger partial charge in [0.25, 0.3) is 0 Å². The summed E-state index contributed by atoms with van der Waals surface area (Å²) in [5.41, 5.74) is 6.18. The Labute approximate surface area is 109 Å². The molecule has 0 saturated heterocycles. The van der Waals surface area contributed by atoms with E-state index in [1.807, 2.05) is 0 Å². The van der Waals surface area contributed by atoms with Gasteiger partial charge in [0, 0.05) is 6.04 Å². The first-order chi connectivity index (χ1) is 8.27. The van der Waals surface area contributed by atoms with Gasteiger partial charge in [-0.05, 0) is 24.7 Å². The number of hydrogen-bond donors (Lipinski definition) is 1. The highest BCUT2D eigenvalue weighted by Crippen LogP contribution is 2.32. The van der Waals surface area contributed by atoms with E-state index in [2.05, 4.69) is 13.8 Å². The van der Waals surface area contributed by atoms with Gasteiger partial charge in [0.2, 0.25) is 0 Å². The van der Waals surface area contributed by atoms with Gasteiger partial charge in [-0.25, -0.2) is 0 Å². The fraction of sp³-hybridized carbons (Fsp3) is 1.00. The second-order valence-electron chi connectivity index (χ2n) is 6.03. The summed E-state index contributed by atoms with van der Waals surface area (Å²) in [4.78, 5) is 0. The van der Waals surface area contributed by atoms with Crippen molar-refractivity contribution in [3.63, 3.8) is 0 Å². The van der Waals surface area contributed by atoms with Crippen LogP contribution in [0.25, 0.3) is 0 Å². The Kier molecular flexibility index (Phi) is 7.92. The van der Waals surface area contributed by atoms with Gasteiger partial charge in [0.05, 0.1) is 0 Å². The molecule has 0 aliphatic heterocycles. The van der Waals surface area contributed by atoms with Crippen LogP contribution < -0.4 is 5.73 Å².